The Balaban J connectivity index is 1.59. The van der Waals surface area contributed by atoms with Crippen LogP contribution in [-0.2, 0) is 13.0 Å². The Labute approximate surface area is 187 Å². The molecule has 1 aliphatic heterocycles. The number of piperidine rings is 1. The maximum atomic E-state index is 11.1. The zero-order valence-electron chi connectivity index (χ0n) is 18.5. The molecule has 166 valence electrons. The van der Waals surface area contributed by atoms with Crippen molar-refractivity contribution in [2.75, 3.05) is 27.2 Å². The fourth-order valence-electron chi connectivity index (χ4n) is 4.54. The number of carbonyl (C=O) groups is 1. The second kappa shape index (κ2) is 9.41. The average molecular weight is 433 g/mol. The lowest BCUT2D eigenvalue weighted by Gasteiger charge is -2.29. The van der Waals surface area contributed by atoms with E-state index in [9.17, 15) is 10.1 Å². The fraction of sp³-hybridized carbons (Fsp3) is 0.400. The highest BCUT2D eigenvalue weighted by Gasteiger charge is 2.23. The number of hydrogen-bond acceptors (Lipinski definition) is 5. The summed E-state index contributed by atoms with van der Waals surface area (Å²) in [6.45, 7) is 1.92. The van der Waals surface area contributed by atoms with E-state index in [1.54, 1.807) is 6.07 Å². The van der Waals surface area contributed by atoms with E-state index in [0.29, 0.717) is 31.1 Å². The summed E-state index contributed by atoms with van der Waals surface area (Å²) in [5.74, 6) is 0.506. The van der Waals surface area contributed by atoms with Crippen LogP contribution in [-0.4, -0.2) is 53.3 Å². The molecule has 0 aliphatic carbocycles. The number of likely N-dealkylation sites (tertiary alicyclic amines) is 1. The quantitative estimate of drug-likeness (QED) is 0.604. The van der Waals surface area contributed by atoms with Gasteiger partial charge in [0.15, 0.2) is 5.58 Å². The van der Waals surface area contributed by atoms with E-state index >= 15 is 0 Å². The molecule has 32 heavy (non-hydrogen) atoms. The van der Waals surface area contributed by atoms with Crippen LogP contribution in [0.15, 0.2) is 40.9 Å². The second-order valence-corrected chi connectivity index (χ2v) is 8.78. The summed E-state index contributed by atoms with van der Waals surface area (Å²) in [5.41, 5.74) is 5.49. The molecule has 1 N–H and O–H groups in total. The van der Waals surface area contributed by atoms with E-state index in [1.807, 2.05) is 32.3 Å². The van der Waals surface area contributed by atoms with Gasteiger partial charge >= 0.3 is 6.09 Å². The molecule has 3 aromatic rings. The first-order valence-electron chi connectivity index (χ1n) is 11.0. The summed E-state index contributed by atoms with van der Waals surface area (Å²) >= 11 is 0. The SMILES string of the molecule is CN(C)Cc1c(-c2cccc(C#N)c2)ccc2c(CCC3CCN(C(=O)O)CC3)noc12. The summed E-state index contributed by atoms with van der Waals surface area (Å²) < 4.78 is 5.86. The number of nitrogens with zero attached hydrogens (tertiary/aromatic N) is 4. The zero-order valence-corrected chi connectivity index (χ0v) is 18.5. The zero-order chi connectivity index (χ0) is 22.7. The largest absolute Gasteiger partial charge is 0.465 e. The lowest BCUT2D eigenvalue weighted by atomic mass is 9.90. The Kier molecular flexibility index (Phi) is 6.42. The Morgan fingerprint density at radius 3 is 2.75 bits per heavy atom. The van der Waals surface area contributed by atoms with Crippen molar-refractivity contribution in [3.05, 3.63) is 53.2 Å². The predicted molar refractivity (Wildman–Crippen MR) is 122 cm³/mol. The van der Waals surface area contributed by atoms with Crippen LogP contribution in [0.5, 0.6) is 0 Å². The van der Waals surface area contributed by atoms with Gasteiger partial charge in [-0.1, -0.05) is 23.4 Å². The Bertz CT molecular complexity index is 1150. The summed E-state index contributed by atoms with van der Waals surface area (Å²) in [7, 11) is 4.05. The third-order valence-electron chi connectivity index (χ3n) is 6.27. The van der Waals surface area contributed by atoms with E-state index in [2.05, 4.69) is 28.3 Å². The van der Waals surface area contributed by atoms with Crippen molar-refractivity contribution in [1.29, 1.82) is 5.26 Å². The topological polar surface area (TPSA) is 93.6 Å². The lowest BCUT2D eigenvalue weighted by molar-refractivity contribution is 0.123. The van der Waals surface area contributed by atoms with E-state index in [0.717, 1.165) is 59.0 Å². The second-order valence-electron chi connectivity index (χ2n) is 8.78. The number of benzene rings is 2. The molecule has 1 aliphatic rings. The highest BCUT2D eigenvalue weighted by atomic mass is 16.5. The lowest BCUT2D eigenvalue weighted by Crippen LogP contribution is -2.37. The molecule has 0 saturated carbocycles. The van der Waals surface area contributed by atoms with Gasteiger partial charge in [0.1, 0.15) is 0 Å². The summed E-state index contributed by atoms with van der Waals surface area (Å²) in [5, 5.41) is 23.9. The minimum Gasteiger partial charge on any atom is -0.465 e. The van der Waals surface area contributed by atoms with Gasteiger partial charge in [-0.15, -0.1) is 0 Å². The van der Waals surface area contributed by atoms with Crippen molar-refractivity contribution in [3.63, 3.8) is 0 Å². The van der Waals surface area contributed by atoms with Crippen LogP contribution in [0.2, 0.25) is 0 Å². The molecule has 1 saturated heterocycles. The van der Waals surface area contributed by atoms with Gasteiger partial charge in [0.2, 0.25) is 0 Å². The molecule has 0 atom stereocenters. The average Bonchev–Trinajstić information content (AvgIpc) is 3.21. The molecule has 7 heteroatoms. The van der Waals surface area contributed by atoms with E-state index in [4.69, 9.17) is 9.63 Å². The fourth-order valence-corrected chi connectivity index (χ4v) is 4.54. The van der Waals surface area contributed by atoms with Crippen LogP contribution in [0.4, 0.5) is 4.79 Å². The molecule has 0 spiro atoms. The van der Waals surface area contributed by atoms with Gasteiger partial charge in [-0.05, 0) is 75.0 Å². The third-order valence-corrected chi connectivity index (χ3v) is 6.27. The normalized spacial score (nSPS) is 14.8. The first-order chi connectivity index (χ1) is 15.5. The maximum Gasteiger partial charge on any atom is 0.407 e. The van der Waals surface area contributed by atoms with Gasteiger partial charge in [-0.3, -0.25) is 0 Å². The first-order valence-corrected chi connectivity index (χ1v) is 11.0. The van der Waals surface area contributed by atoms with Crippen molar-refractivity contribution in [1.82, 2.24) is 15.0 Å². The molecule has 2 aromatic carbocycles. The molecule has 1 amide bonds. The number of aromatic nitrogens is 1. The first kappa shape index (κ1) is 21.8. The minimum absolute atomic E-state index is 0.506. The Morgan fingerprint density at radius 1 is 1.28 bits per heavy atom. The van der Waals surface area contributed by atoms with Gasteiger partial charge in [0.25, 0.3) is 0 Å². The highest BCUT2D eigenvalue weighted by Crippen LogP contribution is 2.34. The van der Waals surface area contributed by atoms with Gasteiger partial charge < -0.3 is 19.4 Å². The van der Waals surface area contributed by atoms with Crippen LogP contribution in [0.25, 0.3) is 22.1 Å². The number of hydrogen-bond donors (Lipinski definition) is 1. The molecule has 1 aromatic heterocycles. The molecule has 4 rings (SSSR count). The minimum atomic E-state index is -0.824. The molecule has 0 radical (unpaired) electrons. The van der Waals surface area contributed by atoms with Crippen LogP contribution < -0.4 is 0 Å². The molecular formula is C25H28N4O3. The molecular weight excluding hydrogens is 404 g/mol. The smallest absolute Gasteiger partial charge is 0.407 e. The molecule has 7 nitrogen and oxygen atoms in total. The highest BCUT2D eigenvalue weighted by molar-refractivity contribution is 5.89. The Morgan fingerprint density at radius 2 is 2.06 bits per heavy atom. The van der Waals surface area contributed by atoms with Crippen molar-refractivity contribution < 1.29 is 14.4 Å². The van der Waals surface area contributed by atoms with Gasteiger partial charge in [-0.25, -0.2) is 4.79 Å². The molecule has 1 fully saturated rings. The van der Waals surface area contributed by atoms with Crippen molar-refractivity contribution in [2.45, 2.75) is 32.2 Å². The van der Waals surface area contributed by atoms with Gasteiger partial charge in [0.05, 0.1) is 17.3 Å². The maximum absolute atomic E-state index is 11.1. The van der Waals surface area contributed by atoms with E-state index < -0.39 is 6.09 Å². The van der Waals surface area contributed by atoms with Crippen LogP contribution in [0.3, 0.4) is 0 Å². The molecule has 0 bridgehead atoms. The van der Waals surface area contributed by atoms with Crippen LogP contribution in [0.1, 0.15) is 36.1 Å². The summed E-state index contributed by atoms with van der Waals surface area (Å²) in [6, 6.07) is 14.0. The van der Waals surface area contributed by atoms with Crippen LogP contribution >= 0.6 is 0 Å². The third kappa shape index (κ3) is 4.61. The summed E-state index contributed by atoms with van der Waals surface area (Å²) in [6.07, 6.45) is 2.76. The van der Waals surface area contributed by atoms with Gasteiger partial charge in [0, 0.05) is 30.6 Å². The number of aryl methyl sites for hydroxylation is 1. The van der Waals surface area contributed by atoms with Gasteiger partial charge in [-0.2, -0.15) is 5.26 Å². The van der Waals surface area contributed by atoms with Crippen LogP contribution in [0, 0.1) is 17.2 Å². The summed E-state index contributed by atoms with van der Waals surface area (Å²) in [4.78, 5) is 14.7. The predicted octanol–water partition coefficient (Wildman–Crippen LogP) is 4.75. The number of fused-ring (bicyclic) bond motifs is 1. The Hall–Kier alpha value is -3.37. The van der Waals surface area contributed by atoms with E-state index in [-0.39, 0.29) is 0 Å². The number of nitriles is 1. The van der Waals surface area contributed by atoms with E-state index in [1.165, 1.54) is 4.90 Å². The van der Waals surface area contributed by atoms with Crippen molar-refractivity contribution in [3.8, 4) is 17.2 Å². The molecule has 2 heterocycles. The number of rotatable bonds is 6. The van der Waals surface area contributed by atoms with Crippen molar-refractivity contribution >= 4 is 17.1 Å². The number of carboxylic acid groups (broad SMARTS) is 1. The standard InChI is InChI=1S/C25H28N4O3/c1-28(2)16-22-20(19-5-3-4-18(14-19)15-26)7-8-21-23(27-32-24(21)22)9-6-17-10-12-29(13-11-17)25(30)31/h3-5,7-8,14,17H,6,9-13,16H2,1-2H3,(H,30,31). The number of amides is 1. The monoisotopic (exact) mass is 432 g/mol. The molecule has 0 unspecified atom stereocenters. The van der Waals surface area contributed by atoms with Crippen molar-refractivity contribution in [2.24, 2.45) is 5.92 Å².